The van der Waals surface area contributed by atoms with Crippen LogP contribution in [0.3, 0.4) is 0 Å². The summed E-state index contributed by atoms with van der Waals surface area (Å²) in [5.41, 5.74) is -0.599. The van der Waals surface area contributed by atoms with Crippen LogP contribution in [0.5, 0.6) is 0 Å². The van der Waals surface area contributed by atoms with Gasteiger partial charge in [0.05, 0.1) is 11.3 Å². The summed E-state index contributed by atoms with van der Waals surface area (Å²) in [7, 11) is 1.50. The SMILES string of the molecule is C=C(/C=C(/C1=CCC=C(C)S1)N(C)N)C(F)(F)F. The molecule has 0 amide bonds. The van der Waals surface area contributed by atoms with Crippen molar-refractivity contribution in [3.63, 3.8) is 0 Å². The lowest BCUT2D eigenvalue weighted by Crippen LogP contribution is -2.26. The van der Waals surface area contributed by atoms with E-state index < -0.39 is 11.7 Å². The van der Waals surface area contributed by atoms with Gasteiger partial charge in [-0.15, -0.1) is 0 Å². The second-order valence-corrected chi connectivity index (χ2v) is 5.17. The van der Waals surface area contributed by atoms with E-state index in [1.807, 2.05) is 19.1 Å². The van der Waals surface area contributed by atoms with Gasteiger partial charge in [0, 0.05) is 12.0 Å². The van der Waals surface area contributed by atoms with Gasteiger partial charge in [0.15, 0.2) is 0 Å². The minimum atomic E-state index is -4.44. The van der Waals surface area contributed by atoms with Crippen molar-refractivity contribution in [3.05, 3.63) is 45.9 Å². The molecule has 2 nitrogen and oxygen atoms in total. The maximum absolute atomic E-state index is 12.5. The van der Waals surface area contributed by atoms with Crippen LogP contribution in [0.15, 0.2) is 45.9 Å². The largest absolute Gasteiger partial charge is 0.415 e. The number of likely N-dealkylation sites (N-methyl/N-ethyl adjacent to an activating group) is 1. The Balaban J connectivity index is 3.01. The third-order valence-corrected chi connectivity index (χ3v) is 3.37. The van der Waals surface area contributed by atoms with E-state index in [1.54, 1.807) is 0 Å². The molecule has 0 saturated heterocycles. The normalized spacial score (nSPS) is 17.1. The van der Waals surface area contributed by atoms with Crippen molar-refractivity contribution in [1.29, 1.82) is 0 Å². The molecule has 0 saturated carbocycles. The number of hydrazine groups is 1. The molecule has 0 aliphatic carbocycles. The monoisotopic (exact) mass is 276 g/mol. The molecule has 0 aromatic rings. The number of alkyl halides is 3. The Hall–Kier alpha value is -1.14. The fourth-order valence-corrected chi connectivity index (χ4v) is 2.35. The Morgan fingerprint density at radius 2 is 2.11 bits per heavy atom. The summed E-state index contributed by atoms with van der Waals surface area (Å²) >= 11 is 1.40. The molecular formula is C12H15F3N2S. The number of nitrogens with zero attached hydrogens (tertiary/aromatic N) is 1. The van der Waals surface area contributed by atoms with Gasteiger partial charge in [0.2, 0.25) is 0 Å². The number of thioether (sulfide) groups is 1. The van der Waals surface area contributed by atoms with Gasteiger partial charge in [-0.05, 0) is 24.3 Å². The van der Waals surface area contributed by atoms with E-state index in [4.69, 9.17) is 5.84 Å². The lowest BCUT2D eigenvalue weighted by molar-refractivity contribution is -0.0879. The Kier molecular flexibility index (Phi) is 4.70. The number of allylic oxidation sites excluding steroid dienone is 5. The lowest BCUT2D eigenvalue weighted by Gasteiger charge is -2.22. The van der Waals surface area contributed by atoms with Gasteiger partial charge < -0.3 is 5.01 Å². The number of rotatable bonds is 3. The van der Waals surface area contributed by atoms with Crippen LogP contribution in [0.2, 0.25) is 0 Å². The van der Waals surface area contributed by atoms with Gasteiger partial charge in [0.25, 0.3) is 0 Å². The predicted octanol–water partition coefficient (Wildman–Crippen LogP) is 3.72. The van der Waals surface area contributed by atoms with Crippen LogP contribution in [0, 0.1) is 0 Å². The quantitative estimate of drug-likeness (QED) is 0.484. The second-order valence-electron chi connectivity index (χ2n) is 3.88. The van der Waals surface area contributed by atoms with Crippen LogP contribution in [0.1, 0.15) is 13.3 Å². The zero-order valence-electron chi connectivity index (χ0n) is 10.2. The van der Waals surface area contributed by atoms with Crippen molar-refractivity contribution in [2.45, 2.75) is 19.5 Å². The molecule has 0 bridgehead atoms. The standard InChI is InChI=1S/C12H15F3N2S/c1-8(12(13,14)15)7-10(17(3)16)11-6-4-5-9(2)18-11/h5-7H,1,4,16H2,2-3H3/b10-7-. The van der Waals surface area contributed by atoms with Gasteiger partial charge in [-0.3, -0.25) is 0 Å². The molecule has 0 aromatic carbocycles. The zero-order valence-corrected chi connectivity index (χ0v) is 11.0. The van der Waals surface area contributed by atoms with Crippen LogP contribution < -0.4 is 5.84 Å². The van der Waals surface area contributed by atoms with Crippen LogP contribution >= 0.6 is 11.8 Å². The van der Waals surface area contributed by atoms with E-state index in [0.29, 0.717) is 17.0 Å². The van der Waals surface area contributed by atoms with E-state index in [-0.39, 0.29) is 0 Å². The van der Waals surface area contributed by atoms with Crippen molar-refractivity contribution < 1.29 is 13.2 Å². The molecule has 0 fully saturated rings. The summed E-state index contributed by atoms with van der Waals surface area (Å²) in [5.74, 6) is 5.59. The van der Waals surface area contributed by atoms with Crippen molar-refractivity contribution in [3.8, 4) is 0 Å². The van der Waals surface area contributed by atoms with E-state index in [9.17, 15) is 13.2 Å². The highest BCUT2D eigenvalue weighted by Crippen LogP contribution is 2.36. The first kappa shape index (κ1) is 14.9. The fourth-order valence-electron chi connectivity index (χ4n) is 1.34. The second kappa shape index (κ2) is 5.67. The minimum absolute atomic E-state index is 0.315. The van der Waals surface area contributed by atoms with Gasteiger partial charge in [0.1, 0.15) is 0 Å². The van der Waals surface area contributed by atoms with Crippen molar-refractivity contribution in [2.24, 2.45) is 5.84 Å². The van der Waals surface area contributed by atoms with Crippen LogP contribution in [0.25, 0.3) is 0 Å². The summed E-state index contributed by atoms with van der Waals surface area (Å²) in [5, 5.41) is 1.17. The van der Waals surface area contributed by atoms with E-state index >= 15 is 0 Å². The molecule has 1 aliphatic rings. The summed E-state index contributed by atoms with van der Waals surface area (Å²) in [4.78, 5) is 1.75. The van der Waals surface area contributed by atoms with E-state index in [1.165, 1.54) is 23.8 Å². The minimum Gasteiger partial charge on any atom is -0.313 e. The number of halogens is 3. The highest BCUT2D eigenvalue weighted by molar-refractivity contribution is 8.07. The Morgan fingerprint density at radius 3 is 2.56 bits per heavy atom. The average molecular weight is 276 g/mol. The Bertz CT molecular complexity index is 431. The molecule has 100 valence electrons. The third kappa shape index (κ3) is 3.96. The maximum Gasteiger partial charge on any atom is 0.415 e. The Labute approximate surface area is 109 Å². The molecule has 0 unspecified atom stereocenters. The number of hydrogen-bond acceptors (Lipinski definition) is 3. The summed E-state index contributed by atoms with van der Waals surface area (Å²) in [6.45, 7) is 4.93. The van der Waals surface area contributed by atoms with E-state index in [2.05, 4.69) is 6.58 Å². The van der Waals surface area contributed by atoms with Crippen molar-refractivity contribution >= 4 is 11.8 Å². The zero-order chi connectivity index (χ0) is 13.9. The van der Waals surface area contributed by atoms with Crippen LogP contribution in [-0.4, -0.2) is 18.2 Å². The molecule has 1 heterocycles. The lowest BCUT2D eigenvalue weighted by atomic mass is 10.2. The van der Waals surface area contributed by atoms with Crippen LogP contribution in [0.4, 0.5) is 13.2 Å². The average Bonchev–Trinajstić information content (AvgIpc) is 2.23. The molecule has 1 rings (SSSR count). The molecule has 0 atom stereocenters. The molecular weight excluding hydrogens is 261 g/mol. The predicted molar refractivity (Wildman–Crippen MR) is 69.3 cm³/mol. The van der Waals surface area contributed by atoms with Gasteiger partial charge in [-0.1, -0.05) is 30.5 Å². The number of nitrogens with two attached hydrogens (primary N) is 1. The maximum atomic E-state index is 12.5. The highest BCUT2D eigenvalue weighted by Gasteiger charge is 2.31. The molecule has 18 heavy (non-hydrogen) atoms. The summed E-state index contributed by atoms with van der Waals surface area (Å²) in [6.07, 6.45) is 1.07. The topological polar surface area (TPSA) is 29.3 Å². The summed E-state index contributed by atoms with van der Waals surface area (Å²) < 4.78 is 37.4. The van der Waals surface area contributed by atoms with Gasteiger partial charge >= 0.3 is 6.18 Å². The van der Waals surface area contributed by atoms with Crippen molar-refractivity contribution in [2.75, 3.05) is 7.05 Å². The molecule has 0 radical (unpaired) electrons. The molecule has 2 N–H and O–H groups in total. The van der Waals surface area contributed by atoms with Crippen LogP contribution in [-0.2, 0) is 0 Å². The molecule has 0 spiro atoms. The first-order valence-electron chi connectivity index (χ1n) is 5.23. The first-order valence-corrected chi connectivity index (χ1v) is 6.05. The fraction of sp³-hybridized carbons (Fsp3) is 0.333. The van der Waals surface area contributed by atoms with Gasteiger partial charge in [-0.2, -0.15) is 13.2 Å². The highest BCUT2D eigenvalue weighted by atomic mass is 32.2. The Morgan fingerprint density at radius 1 is 1.50 bits per heavy atom. The van der Waals surface area contributed by atoms with Crippen molar-refractivity contribution in [1.82, 2.24) is 5.01 Å². The molecule has 6 heteroatoms. The smallest absolute Gasteiger partial charge is 0.313 e. The van der Waals surface area contributed by atoms with Gasteiger partial charge in [-0.25, -0.2) is 5.84 Å². The summed E-state index contributed by atoms with van der Waals surface area (Å²) in [6, 6.07) is 0. The number of hydrogen-bond donors (Lipinski definition) is 1. The molecule has 1 aliphatic heterocycles. The van der Waals surface area contributed by atoms with E-state index in [0.717, 1.165) is 11.0 Å². The molecule has 0 aromatic heterocycles. The first-order chi connectivity index (χ1) is 8.21. The third-order valence-electron chi connectivity index (χ3n) is 2.29.